The molecule has 2 aromatic rings. The fourth-order valence-electron chi connectivity index (χ4n) is 4.52. The van der Waals surface area contributed by atoms with Gasteiger partial charge in [-0.3, -0.25) is 14.3 Å². The largest absolute Gasteiger partial charge is 0.338 e. The number of benzene rings is 1. The lowest BCUT2D eigenvalue weighted by Gasteiger charge is -2.34. The Labute approximate surface area is 182 Å². The van der Waals surface area contributed by atoms with E-state index >= 15 is 0 Å². The molecule has 0 aliphatic carbocycles. The predicted octanol–water partition coefficient (Wildman–Crippen LogP) is 4.40. The van der Waals surface area contributed by atoms with E-state index in [4.69, 9.17) is 16.7 Å². The van der Waals surface area contributed by atoms with Gasteiger partial charge in [0.1, 0.15) is 12.2 Å². The van der Waals surface area contributed by atoms with Gasteiger partial charge in [-0.05, 0) is 44.4 Å². The maximum absolute atomic E-state index is 13.2. The number of likely N-dealkylation sites (tertiary alicyclic amines) is 1. The molecule has 0 spiro atoms. The number of hydrogen-bond donors (Lipinski definition) is 0. The number of unbranched alkanes of at least 4 members (excludes halogenated alkanes) is 1. The molecule has 1 saturated heterocycles. The van der Waals surface area contributed by atoms with Crippen LogP contribution in [0.15, 0.2) is 30.3 Å². The van der Waals surface area contributed by atoms with Gasteiger partial charge in [0.05, 0.1) is 11.7 Å². The van der Waals surface area contributed by atoms with E-state index < -0.39 is 0 Å². The standard InChI is InChI=1S/C23H29ClN4O2/c1-3-4-7-19-14-26(15-22(29)27-12-5-6-16(27)2)23(30)21-13-20(25-28(19)21)17-8-10-18(24)11-9-17/h8-11,13,16,19H,3-7,12,14-15H2,1-2H3/t16-,19?/m1/s1. The molecule has 1 fully saturated rings. The molecule has 2 atom stereocenters. The zero-order chi connectivity index (χ0) is 21.3. The molecule has 4 rings (SSSR count). The maximum Gasteiger partial charge on any atom is 0.272 e. The fourth-order valence-corrected chi connectivity index (χ4v) is 4.64. The van der Waals surface area contributed by atoms with Gasteiger partial charge in [0.15, 0.2) is 0 Å². The molecule has 0 N–H and O–H groups in total. The van der Waals surface area contributed by atoms with Gasteiger partial charge in [0, 0.05) is 29.7 Å². The van der Waals surface area contributed by atoms with Crippen molar-refractivity contribution in [3.05, 3.63) is 41.0 Å². The second-order valence-corrected chi connectivity index (χ2v) is 8.86. The van der Waals surface area contributed by atoms with Crippen molar-refractivity contribution >= 4 is 23.4 Å². The highest BCUT2D eigenvalue weighted by Crippen LogP contribution is 2.30. The number of carbonyl (C=O) groups is 2. The smallest absolute Gasteiger partial charge is 0.272 e. The van der Waals surface area contributed by atoms with E-state index in [0.29, 0.717) is 17.3 Å². The predicted molar refractivity (Wildman–Crippen MR) is 118 cm³/mol. The molecule has 30 heavy (non-hydrogen) atoms. The highest BCUT2D eigenvalue weighted by Gasteiger charge is 2.35. The van der Waals surface area contributed by atoms with Gasteiger partial charge in [-0.1, -0.05) is 43.5 Å². The Bertz CT molecular complexity index is 924. The van der Waals surface area contributed by atoms with E-state index in [1.54, 1.807) is 4.90 Å². The van der Waals surface area contributed by atoms with Crippen LogP contribution in [0.1, 0.15) is 62.5 Å². The molecule has 7 heteroatoms. The van der Waals surface area contributed by atoms with Crippen LogP contribution in [0.25, 0.3) is 11.3 Å². The summed E-state index contributed by atoms with van der Waals surface area (Å²) in [5.41, 5.74) is 2.25. The van der Waals surface area contributed by atoms with Crippen LogP contribution in [0.3, 0.4) is 0 Å². The molecular formula is C23H29ClN4O2. The van der Waals surface area contributed by atoms with Crippen LogP contribution in [-0.2, 0) is 4.79 Å². The molecule has 3 heterocycles. The Kier molecular flexibility index (Phi) is 6.14. The Morgan fingerprint density at radius 3 is 2.70 bits per heavy atom. The number of carbonyl (C=O) groups excluding carboxylic acids is 2. The molecule has 2 amide bonds. The Hall–Kier alpha value is -2.34. The summed E-state index contributed by atoms with van der Waals surface area (Å²) in [5.74, 6) is -0.0656. The number of hydrogen-bond acceptors (Lipinski definition) is 3. The minimum absolute atomic E-state index is 0.0495. The summed E-state index contributed by atoms with van der Waals surface area (Å²) in [6.45, 7) is 5.71. The first-order valence-corrected chi connectivity index (χ1v) is 11.3. The molecule has 1 unspecified atom stereocenters. The van der Waals surface area contributed by atoms with Gasteiger partial charge < -0.3 is 9.80 Å². The molecule has 1 aromatic carbocycles. The monoisotopic (exact) mass is 428 g/mol. The first-order chi connectivity index (χ1) is 14.5. The van der Waals surface area contributed by atoms with E-state index in [9.17, 15) is 9.59 Å². The molecular weight excluding hydrogens is 400 g/mol. The lowest BCUT2D eigenvalue weighted by atomic mass is 10.1. The van der Waals surface area contributed by atoms with E-state index in [0.717, 1.165) is 49.9 Å². The molecule has 0 saturated carbocycles. The lowest BCUT2D eigenvalue weighted by Crippen LogP contribution is -2.49. The topological polar surface area (TPSA) is 58.4 Å². The quantitative estimate of drug-likeness (QED) is 0.685. The Morgan fingerprint density at radius 1 is 1.27 bits per heavy atom. The second kappa shape index (κ2) is 8.80. The van der Waals surface area contributed by atoms with Crippen LogP contribution in [0.2, 0.25) is 5.02 Å². The van der Waals surface area contributed by atoms with Gasteiger partial charge >= 0.3 is 0 Å². The highest BCUT2D eigenvalue weighted by atomic mass is 35.5. The summed E-state index contributed by atoms with van der Waals surface area (Å²) >= 11 is 6.01. The summed E-state index contributed by atoms with van der Waals surface area (Å²) in [4.78, 5) is 29.7. The van der Waals surface area contributed by atoms with E-state index in [-0.39, 0.29) is 30.4 Å². The summed E-state index contributed by atoms with van der Waals surface area (Å²) in [6.07, 6.45) is 5.14. The van der Waals surface area contributed by atoms with Gasteiger partial charge in [0.2, 0.25) is 5.91 Å². The van der Waals surface area contributed by atoms with Crippen molar-refractivity contribution in [3.8, 4) is 11.3 Å². The SMILES string of the molecule is CCCCC1CN(CC(=O)N2CCC[C@H]2C)C(=O)c2cc(-c3ccc(Cl)cc3)nn21. The van der Waals surface area contributed by atoms with E-state index in [2.05, 4.69) is 13.8 Å². The third kappa shape index (κ3) is 4.10. The van der Waals surface area contributed by atoms with Crippen molar-refractivity contribution in [2.75, 3.05) is 19.6 Å². The maximum atomic E-state index is 13.2. The van der Waals surface area contributed by atoms with Crippen molar-refractivity contribution < 1.29 is 9.59 Å². The van der Waals surface area contributed by atoms with Gasteiger partial charge in [0.25, 0.3) is 5.91 Å². The number of fused-ring (bicyclic) bond motifs is 1. The first kappa shape index (κ1) is 20.9. The Balaban J connectivity index is 1.60. The fraction of sp³-hybridized carbons (Fsp3) is 0.522. The third-order valence-corrected chi connectivity index (χ3v) is 6.50. The lowest BCUT2D eigenvalue weighted by molar-refractivity contribution is -0.132. The number of amides is 2. The van der Waals surface area contributed by atoms with Crippen molar-refractivity contribution in [2.24, 2.45) is 0 Å². The molecule has 6 nitrogen and oxygen atoms in total. The zero-order valence-corrected chi connectivity index (χ0v) is 18.4. The average Bonchev–Trinajstić information content (AvgIpc) is 3.36. The van der Waals surface area contributed by atoms with Crippen LogP contribution in [0, 0.1) is 0 Å². The summed E-state index contributed by atoms with van der Waals surface area (Å²) < 4.78 is 1.88. The molecule has 2 aliphatic heterocycles. The third-order valence-electron chi connectivity index (χ3n) is 6.25. The normalized spacial score (nSPS) is 21.2. The molecule has 0 bridgehead atoms. The van der Waals surface area contributed by atoms with Crippen LogP contribution >= 0.6 is 11.6 Å². The molecule has 2 aliphatic rings. The number of halogens is 1. The zero-order valence-electron chi connectivity index (χ0n) is 17.7. The highest BCUT2D eigenvalue weighted by molar-refractivity contribution is 6.30. The average molecular weight is 429 g/mol. The minimum atomic E-state index is -0.115. The molecule has 0 radical (unpaired) electrons. The number of rotatable bonds is 6. The number of aromatic nitrogens is 2. The summed E-state index contributed by atoms with van der Waals surface area (Å²) in [7, 11) is 0. The minimum Gasteiger partial charge on any atom is -0.338 e. The van der Waals surface area contributed by atoms with Gasteiger partial charge in [-0.15, -0.1) is 0 Å². The van der Waals surface area contributed by atoms with Crippen LogP contribution in [0.5, 0.6) is 0 Å². The summed E-state index contributed by atoms with van der Waals surface area (Å²) in [5, 5.41) is 5.44. The van der Waals surface area contributed by atoms with Crippen molar-refractivity contribution in [3.63, 3.8) is 0 Å². The van der Waals surface area contributed by atoms with Gasteiger partial charge in [-0.2, -0.15) is 5.10 Å². The first-order valence-electron chi connectivity index (χ1n) is 10.9. The van der Waals surface area contributed by atoms with Crippen molar-refractivity contribution in [2.45, 2.75) is 58.0 Å². The number of nitrogens with zero attached hydrogens (tertiary/aromatic N) is 4. The van der Waals surface area contributed by atoms with Crippen LogP contribution < -0.4 is 0 Å². The van der Waals surface area contributed by atoms with Crippen molar-refractivity contribution in [1.29, 1.82) is 0 Å². The van der Waals surface area contributed by atoms with E-state index in [1.165, 1.54) is 0 Å². The van der Waals surface area contributed by atoms with Crippen LogP contribution in [0.4, 0.5) is 0 Å². The molecule has 160 valence electrons. The second-order valence-electron chi connectivity index (χ2n) is 8.43. The Morgan fingerprint density at radius 2 is 2.03 bits per heavy atom. The van der Waals surface area contributed by atoms with E-state index in [1.807, 2.05) is 39.9 Å². The van der Waals surface area contributed by atoms with Crippen LogP contribution in [-0.4, -0.2) is 57.1 Å². The summed E-state index contributed by atoms with van der Waals surface area (Å²) in [6, 6.07) is 9.68. The molecule has 1 aromatic heterocycles. The van der Waals surface area contributed by atoms with Crippen molar-refractivity contribution in [1.82, 2.24) is 19.6 Å². The van der Waals surface area contributed by atoms with Gasteiger partial charge in [-0.25, -0.2) is 0 Å².